The summed E-state index contributed by atoms with van der Waals surface area (Å²) < 4.78 is 17.4. The van der Waals surface area contributed by atoms with E-state index in [4.69, 9.17) is 11.6 Å². The van der Waals surface area contributed by atoms with Gasteiger partial charge in [-0.05, 0) is 50.7 Å². The molecule has 7 heteroatoms. The quantitative estimate of drug-likeness (QED) is 0.359. The van der Waals surface area contributed by atoms with E-state index in [1.165, 1.54) is 10.9 Å². The number of fused-ring (bicyclic) bond motifs is 1. The third-order valence-electron chi connectivity index (χ3n) is 2.92. The molecule has 0 amide bonds. The molecule has 104 valence electrons. The summed E-state index contributed by atoms with van der Waals surface area (Å²) in [6.07, 6.45) is 0. The second-order valence-electron chi connectivity index (χ2n) is 4.23. The predicted molar refractivity (Wildman–Crippen MR) is 93.1 cm³/mol. The molecule has 0 unspecified atom stereocenters. The Kier molecular flexibility index (Phi) is 4.35. The van der Waals surface area contributed by atoms with Gasteiger partial charge in [-0.15, -0.1) is 22.9 Å². The molecular formula is C13H8BrClFIN2S. The summed E-state index contributed by atoms with van der Waals surface area (Å²) in [5.74, 6) is 0.833. The summed E-state index contributed by atoms with van der Waals surface area (Å²) in [5, 5.41) is 2.03. The van der Waals surface area contributed by atoms with Gasteiger partial charge in [-0.25, -0.2) is 9.37 Å². The zero-order valence-electron chi connectivity index (χ0n) is 10.0. The molecule has 0 aliphatic heterocycles. The van der Waals surface area contributed by atoms with Gasteiger partial charge in [0.2, 0.25) is 0 Å². The Morgan fingerprint density at radius 3 is 2.85 bits per heavy atom. The molecule has 2 heterocycles. The molecule has 0 atom stereocenters. The van der Waals surface area contributed by atoms with Crippen molar-refractivity contribution in [2.24, 2.45) is 0 Å². The van der Waals surface area contributed by atoms with Gasteiger partial charge in [0, 0.05) is 20.8 Å². The zero-order valence-corrected chi connectivity index (χ0v) is 15.4. The van der Waals surface area contributed by atoms with Crippen LogP contribution in [0.3, 0.4) is 0 Å². The molecule has 3 aromatic rings. The lowest BCUT2D eigenvalue weighted by Gasteiger charge is -2.06. The molecule has 0 spiro atoms. The monoisotopic (exact) mass is 484 g/mol. The van der Waals surface area contributed by atoms with Gasteiger partial charge in [-0.1, -0.05) is 0 Å². The summed E-state index contributed by atoms with van der Waals surface area (Å²) in [6.45, 7) is 0.648. The van der Waals surface area contributed by atoms with Gasteiger partial charge in [0.1, 0.15) is 11.6 Å². The van der Waals surface area contributed by atoms with Gasteiger partial charge in [-0.2, -0.15) is 0 Å². The Bertz CT molecular complexity index is 786. The van der Waals surface area contributed by atoms with E-state index in [9.17, 15) is 4.39 Å². The zero-order chi connectivity index (χ0) is 14.3. The third kappa shape index (κ3) is 2.75. The first-order valence-corrected chi connectivity index (χ1v) is 9.00. The van der Waals surface area contributed by atoms with Crippen LogP contribution >= 0.6 is 61.5 Å². The van der Waals surface area contributed by atoms with Crippen molar-refractivity contribution in [3.05, 3.63) is 48.1 Å². The number of hydrogen-bond acceptors (Lipinski definition) is 2. The molecule has 2 aromatic heterocycles. The lowest BCUT2D eigenvalue weighted by molar-refractivity contribution is 0.621. The maximum atomic E-state index is 13.8. The highest BCUT2D eigenvalue weighted by atomic mass is 127. The largest absolute Gasteiger partial charge is 0.322 e. The van der Waals surface area contributed by atoms with Crippen LogP contribution in [0.4, 0.5) is 4.39 Å². The van der Waals surface area contributed by atoms with E-state index in [0.29, 0.717) is 16.0 Å². The lowest BCUT2D eigenvalue weighted by atomic mass is 10.3. The number of aromatic nitrogens is 2. The molecular weight excluding hydrogens is 477 g/mol. The molecule has 0 saturated carbocycles. The number of benzene rings is 1. The highest BCUT2D eigenvalue weighted by Crippen LogP contribution is 2.26. The number of alkyl halides is 1. The maximum absolute atomic E-state index is 13.8. The van der Waals surface area contributed by atoms with Crippen LogP contribution in [0.15, 0.2) is 28.1 Å². The predicted octanol–water partition coefficient (Wildman–Crippen LogP) is 5.39. The molecule has 0 aliphatic carbocycles. The molecule has 0 N–H and O–H groups in total. The van der Waals surface area contributed by atoms with Crippen molar-refractivity contribution in [3.63, 3.8) is 0 Å². The Balaban J connectivity index is 2.14. The number of imidazole rings is 1. The molecule has 2 nitrogen and oxygen atoms in total. The van der Waals surface area contributed by atoms with Crippen LogP contribution in [0.1, 0.15) is 10.7 Å². The average molecular weight is 486 g/mol. The van der Waals surface area contributed by atoms with Gasteiger partial charge in [0.05, 0.1) is 27.0 Å². The van der Waals surface area contributed by atoms with E-state index in [1.54, 1.807) is 17.4 Å². The highest BCUT2D eigenvalue weighted by molar-refractivity contribution is 14.1. The first-order chi connectivity index (χ1) is 9.58. The molecule has 0 fully saturated rings. The molecule has 20 heavy (non-hydrogen) atoms. The highest BCUT2D eigenvalue weighted by Gasteiger charge is 2.14. The standard InChI is InChI=1S/C13H8BrClFIN2S/c14-7-1-8(20-6-7)5-19-12-2-9(16)10(17)3-11(12)18-13(19)4-15/h1-3,6H,4-5H2. The SMILES string of the molecule is Fc1cc2c(cc1I)nc(CCl)n2Cc1cc(Br)cs1. The van der Waals surface area contributed by atoms with Crippen LogP contribution in [-0.2, 0) is 12.4 Å². The van der Waals surface area contributed by atoms with E-state index >= 15 is 0 Å². The van der Waals surface area contributed by atoms with Gasteiger partial charge in [0.15, 0.2) is 0 Å². The normalized spacial score (nSPS) is 11.4. The first kappa shape index (κ1) is 14.7. The van der Waals surface area contributed by atoms with Crippen LogP contribution in [0, 0.1) is 9.39 Å². The first-order valence-electron chi connectivity index (χ1n) is 5.71. The van der Waals surface area contributed by atoms with Gasteiger partial charge in [-0.3, -0.25) is 0 Å². The Morgan fingerprint density at radius 1 is 1.40 bits per heavy atom. The van der Waals surface area contributed by atoms with Crippen LogP contribution in [0.25, 0.3) is 11.0 Å². The van der Waals surface area contributed by atoms with Crippen LogP contribution in [0.2, 0.25) is 0 Å². The fraction of sp³-hybridized carbons (Fsp3) is 0.154. The van der Waals surface area contributed by atoms with E-state index in [0.717, 1.165) is 21.3 Å². The Hall–Kier alpha value is -0.180. The summed E-state index contributed by atoms with van der Waals surface area (Å²) in [5.41, 5.74) is 1.56. The van der Waals surface area contributed by atoms with Crippen molar-refractivity contribution in [2.45, 2.75) is 12.4 Å². The Morgan fingerprint density at radius 2 is 2.20 bits per heavy atom. The van der Waals surface area contributed by atoms with Crippen LogP contribution in [0.5, 0.6) is 0 Å². The topological polar surface area (TPSA) is 17.8 Å². The fourth-order valence-corrected chi connectivity index (χ4v) is 4.13. The summed E-state index contributed by atoms with van der Waals surface area (Å²) in [7, 11) is 0. The molecule has 1 aromatic carbocycles. The number of thiophene rings is 1. The molecule has 0 bridgehead atoms. The van der Waals surface area contributed by atoms with Crippen molar-refractivity contribution < 1.29 is 4.39 Å². The van der Waals surface area contributed by atoms with E-state index in [1.807, 2.05) is 32.5 Å². The minimum absolute atomic E-state index is 0.229. The number of halogens is 4. The average Bonchev–Trinajstić information content (AvgIpc) is 2.96. The van der Waals surface area contributed by atoms with Gasteiger partial charge >= 0.3 is 0 Å². The second kappa shape index (κ2) is 5.90. The summed E-state index contributed by atoms with van der Waals surface area (Å²) in [6, 6.07) is 5.34. The minimum Gasteiger partial charge on any atom is -0.322 e. The fourth-order valence-electron chi connectivity index (χ4n) is 2.04. The van der Waals surface area contributed by atoms with E-state index in [2.05, 4.69) is 27.0 Å². The minimum atomic E-state index is -0.229. The van der Waals surface area contributed by atoms with Crippen LogP contribution < -0.4 is 0 Å². The molecule has 0 saturated heterocycles. The lowest BCUT2D eigenvalue weighted by Crippen LogP contribution is -2.02. The summed E-state index contributed by atoms with van der Waals surface area (Å²) in [4.78, 5) is 5.66. The van der Waals surface area contributed by atoms with Gasteiger partial charge < -0.3 is 4.57 Å². The van der Waals surface area contributed by atoms with Crippen molar-refractivity contribution in [1.29, 1.82) is 0 Å². The van der Waals surface area contributed by atoms with E-state index in [-0.39, 0.29) is 5.82 Å². The summed E-state index contributed by atoms with van der Waals surface area (Å²) >= 11 is 13.0. The van der Waals surface area contributed by atoms with Crippen molar-refractivity contribution in [2.75, 3.05) is 0 Å². The van der Waals surface area contributed by atoms with Crippen molar-refractivity contribution >= 4 is 72.5 Å². The molecule has 3 rings (SSSR count). The van der Waals surface area contributed by atoms with Gasteiger partial charge in [0.25, 0.3) is 0 Å². The molecule has 0 aliphatic rings. The van der Waals surface area contributed by atoms with Crippen molar-refractivity contribution in [1.82, 2.24) is 9.55 Å². The van der Waals surface area contributed by atoms with Crippen molar-refractivity contribution in [3.8, 4) is 0 Å². The van der Waals surface area contributed by atoms with E-state index < -0.39 is 0 Å². The van der Waals surface area contributed by atoms with Crippen LogP contribution in [-0.4, -0.2) is 9.55 Å². The maximum Gasteiger partial charge on any atom is 0.138 e. The Labute approximate surface area is 146 Å². The molecule has 0 radical (unpaired) electrons. The number of nitrogens with zero attached hydrogens (tertiary/aromatic N) is 2. The number of rotatable bonds is 3. The smallest absolute Gasteiger partial charge is 0.138 e. The third-order valence-corrected chi connectivity index (χ3v) is 5.67. The second-order valence-corrected chi connectivity index (χ2v) is 7.57. The number of hydrogen-bond donors (Lipinski definition) is 0.